The lowest BCUT2D eigenvalue weighted by atomic mass is 10.0. The molecule has 1 fully saturated rings. The molecule has 0 aromatic heterocycles. The van der Waals surface area contributed by atoms with Crippen LogP contribution in [0.15, 0.2) is 48.5 Å². The van der Waals surface area contributed by atoms with Gasteiger partial charge < -0.3 is 10.5 Å². The van der Waals surface area contributed by atoms with Gasteiger partial charge in [-0.25, -0.2) is 0 Å². The number of ether oxygens (including phenoxy) is 1. The molecule has 1 heterocycles. The Labute approximate surface area is 145 Å². The van der Waals surface area contributed by atoms with E-state index in [4.69, 9.17) is 10.5 Å². The Balaban J connectivity index is 1.70. The zero-order valence-corrected chi connectivity index (χ0v) is 14.6. The highest BCUT2D eigenvalue weighted by Crippen LogP contribution is 2.27. The lowest BCUT2D eigenvalue weighted by molar-refractivity contribution is 0.209. The van der Waals surface area contributed by atoms with E-state index in [2.05, 4.69) is 42.2 Å². The number of aryl methyl sites for hydroxylation is 1. The smallest absolute Gasteiger partial charge is 0.127 e. The molecule has 2 aromatic rings. The quantitative estimate of drug-likeness (QED) is 0.869. The van der Waals surface area contributed by atoms with Gasteiger partial charge in [-0.2, -0.15) is 0 Å². The van der Waals surface area contributed by atoms with Crippen LogP contribution in [-0.2, 0) is 0 Å². The molecule has 0 saturated carbocycles. The SMILES string of the molecule is Cc1cccc(Oc2ccc(C(CN)N3CCCCCC3)cc2)c1. The summed E-state index contributed by atoms with van der Waals surface area (Å²) in [6.45, 7) is 5.05. The van der Waals surface area contributed by atoms with Gasteiger partial charge in [0.05, 0.1) is 0 Å². The predicted molar refractivity (Wildman–Crippen MR) is 99.5 cm³/mol. The first-order valence-electron chi connectivity index (χ1n) is 9.05. The number of hydrogen-bond acceptors (Lipinski definition) is 3. The standard InChI is InChI=1S/C21H28N2O/c1-17-7-6-8-20(15-17)24-19-11-9-18(10-12-19)21(16-22)23-13-4-2-3-5-14-23/h6-12,15,21H,2-5,13-14,16,22H2,1H3. The van der Waals surface area contributed by atoms with Crippen molar-refractivity contribution in [3.05, 3.63) is 59.7 Å². The zero-order valence-electron chi connectivity index (χ0n) is 14.6. The van der Waals surface area contributed by atoms with Crippen molar-refractivity contribution < 1.29 is 4.74 Å². The van der Waals surface area contributed by atoms with Crippen LogP contribution in [0.25, 0.3) is 0 Å². The van der Waals surface area contributed by atoms with Gasteiger partial charge in [0.1, 0.15) is 11.5 Å². The van der Waals surface area contributed by atoms with Gasteiger partial charge in [-0.3, -0.25) is 4.90 Å². The van der Waals surface area contributed by atoms with Gasteiger partial charge in [0.25, 0.3) is 0 Å². The molecule has 1 atom stereocenters. The highest BCUT2D eigenvalue weighted by Gasteiger charge is 2.20. The Hall–Kier alpha value is -1.84. The van der Waals surface area contributed by atoms with Gasteiger partial charge >= 0.3 is 0 Å². The lowest BCUT2D eigenvalue weighted by Gasteiger charge is -2.30. The highest BCUT2D eigenvalue weighted by atomic mass is 16.5. The second kappa shape index (κ2) is 8.32. The Kier molecular flexibility index (Phi) is 5.89. The summed E-state index contributed by atoms with van der Waals surface area (Å²) in [6, 6.07) is 16.9. The fourth-order valence-electron chi connectivity index (χ4n) is 3.48. The van der Waals surface area contributed by atoms with Crippen LogP contribution in [0.4, 0.5) is 0 Å². The van der Waals surface area contributed by atoms with Crippen molar-refractivity contribution in [2.75, 3.05) is 19.6 Å². The number of likely N-dealkylation sites (tertiary alicyclic amines) is 1. The second-order valence-corrected chi connectivity index (χ2v) is 6.69. The van der Waals surface area contributed by atoms with Crippen LogP contribution >= 0.6 is 0 Å². The summed E-state index contributed by atoms with van der Waals surface area (Å²) >= 11 is 0. The third-order valence-electron chi connectivity index (χ3n) is 4.79. The first kappa shape index (κ1) is 17.0. The Morgan fingerprint density at radius 2 is 1.67 bits per heavy atom. The van der Waals surface area contributed by atoms with Crippen LogP contribution in [0.1, 0.15) is 42.9 Å². The van der Waals surface area contributed by atoms with Crippen molar-refractivity contribution in [3.8, 4) is 11.5 Å². The molecule has 1 unspecified atom stereocenters. The first-order chi connectivity index (χ1) is 11.8. The number of rotatable bonds is 5. The van der Waals surface area contributed by atoms with Gasteiger partial charge in [0.15, 0.2) is 0 Å². The molecule has 0 radical (unpaired) electrons. The molecule has 0 bridgehead atoms. The van der Waals surface area contributed by atoms with E-state index in [0.717, 1.165) is 24.6 Å². The number of benzene rings is 2. The van der Waals surface area contributed by atoms with Crippen LogP contribution < -0.4 is 10.5 Å². The minimum Gasteiger partial charge on any atom is -0.457 e. The van der Waals surface area contributed by atoms with Crippen molar-refractivity contribution in [2.45, 2.75) is 38.6 Å². The van der Waals surface area contributed by atoms with Crippen LogP contribution in [0.3, 0.4) is 0 Å². The molecule has 0 spiro atoms. The summed E-state index contributed by atoms with van der Waals surface area (Å²) in [5.74, 6) is 1.75. The zero-order chi connectivity index (χ0) is 16.8. The largest absolute Gasteiger partial charge is 0.457 e. The van der Waals surface area contributed by atoms with E-state index < -0.39 is 0 Å². The summed E-state index contributed by atoms with van der Waals surface area (Å²) in [5.41, 5.74) is 8.58. The Bertz CT molecular complexity index is 631. The van der Waals surface area contributed by atoms with E-state index in [9.17, 15) is 0 Å². The van der Waals surface area contributed by atoms with Gasteiger partial charge in [-0.05, 0) is 68.2 Å². The molecule has 3 rings (SSSR count). The van der Waals surface area contributed by atoms with Gasteiger partial charge in [0, 0.05) is 12.6 Å². The van der Waals surface area contributed by atoms with Crippen molar-refractivity contribution >= 4 is 0 Å². The molecule has 2 aromatic carbocycles. The average Bonchev–Trinajstić information content (AvgIpc) is 2.87. The van der Waals surface area contributed by atoms with Crippen LogP contribution in [0, 0.1) is 6.92 Å². The summed E-state index contributed by atoms with van der Waals surface area (Å²) in [6.07, 6.45) is 5.25. The molecule has 0 aliphatic carbocycles. The lowest BCUT2D eigenvalue weighted by Crippen LogP contribution is -2.34. The molecule has 128 valence electrons. The molecule has 1 saturated heterocycles. The molecule has 24 heavy (non-hydrogen) atoms. The molecule has 3 heteroatoms. The van der Waals surface area contributed by atoms with Crippen molar-refractivity contribution in [1.82, 2.24) is 4.90 Å². The van der Waals surface area contributed by atoms with Crippen molar-refractivity contribution in [2.24, 2.45) is 5.73 Å². The predicted octanol–water partition coefficient (Wildman–Crippen LogP) is 4.66. The van der Waals surface area contributed by atoms with Crippen LogP contribution in [-0.4, -0.2) is 24.5 Å². The molecular formula is C21H28N2O. The van der Waals surface area contributed by atoms with E-state index in [1.54, 1.807) is 0 Å². The molecule has 0 amide bonds. The van der Waals surface area contributed by atoms with Crippen LogP contribution in [0.2, 0.25) is 0 Å². The van der Waals surface area contributed by atoms with Gasteiger partial charge in [0.2, 0.25) is 0 Å². The van der Waals surface area contributed by atoms with E-state index in [-0.39, 0.29) is 0 Å². The maximum absolute atomic E-state index is 6.09. The molecule has 1 aliphatic heterocycles. The van der Waals surface area contributed by atoms with E-state index >= 15 is 0 Å². The average molecular weight is 324 g/mol. The summed E-state index contributed by atoms with van der Waals surface area (Å²) < 4.78 is 5.95. The van der Waals surface area contributed by atoms with E-state index in [1.165, 1.54) is 36.8 Å². The first-order valence-corrected chi connectivity index (χ1v) is 9.05. The fourth-order valence-corrected chi connectivity index (χ4v) is 3.48. The maximum Gasteiger partial charge on any atom is 0.127 e. The van der Waals surface area contributed by atoms with Gasteiger partial charge in [-0.1, -0.05) is 37.1 Å². The van der Waals surface area contributed by atoms with E-state index in [0.29, 0.717) is 12.6 Å². The molecular weight excluding hydrogens is 296 g/mol. The minimum atomic E-state index is 0.316. The molecule has 3 nitrogen and oxygen atoms in total. The number of hydrogen-bond donors (Lipinski definition) is 1. The third kappa shape index (κ3) is 4.37. The second-order valence-electron chi connectivity index (χ2n) is 6.69. The van der Waals surface area contributed by atoms with Crippen LogP contribution in [0.5, 0.6) is 11.5 Å². The summed E-state index contributed by atoms with van der Waals surface area (Å²) in [4.78, 5) is 2.55. The number of nitrogens with zero attached hydrogens (tertiary/aromatic N) is 1. The number of nitrogens with two attached hydrogens (primary N) is 1. The summed E-state index contributed by atoms with van der Waals surface area (Å²) in [5, 5.41) is 0. The van der Waals surface area contributed by atoms with Gasteiger partial charge in [-0.15, -0.1) is 0 Å². The maximum atomic E-state index is 6.09. The molecule has 2 N–H and O–H groups in total. The van der Waals surface area contributed by atoms with Crippen molar-refractivity contribution in [1.29, 1.82) is 0 Å². The topological polar surface area (TPSA) is 38.5 Å². The Morgan fingerprint density at radius 3 is 2.29 bits per heavy atom. The van der Waals surface area contributed by atoms with Crippen molar-refractivity contribution in [3.63, 3.8) is 0 Å². The minimum absolute atomic E-state index is 0.316. The Morgan fingerprint density at radius 1 is 0.958 bits per heavy atom. The highest BCUT2D eigenvalue weighted by molar-refractivity contribution is 5.35. The monoisotopic (exact) mass is 324 g/mol. The van der Waals surface area contributed by atoms with E-state index in [1.807, 2.05) is 18.2 Å². The fraction of sp³-hybridized carbons (Fsp3) is 0.429. The third-order valence-corrected chi connectivity index (χ3v) is 4.79. The molecule has 1 aliphatic rings. The summed E-state index contributed by atoms with van der Waals surface area (Å²) in [7, 11) is 0. The normalized spacial score (nSPS) is 17.2.